The number of nitrogens with one attached hydrogen (secondary N) is 3. The van der Waals surface area contributed by atoms with Crippen LogP contribution in [-0.4, -0.2) is 45.7 Å². The maximum atomic E-state index is 13.6. The standard InChI is InChI=1S/C33H30FN7O4/c1-45-28-14-8-7-13-27(28)36-33(44)40-31-37-30(35-26-12-6-5-11-25(26)23-9-3-2-4-10-23)38-32(39-31)41(20-19-29(42)43)21-22-15-17-24(34)18-16-22/h2-18H,19-21H2,1H3,(H,42,43)(H3,35,36,37,38,39,40,44). The summed E-state index contributed by atoms with van der Waals surface area (Å²) in [5.41, 5.74) is 3.68. The number of urea groups is 1. The molecule has 4 N–H and O–H groups in total. The summed E-state index contributed by atoms with van der Waals surface area (Å²) in [5, 5.41) is 18.0. The van der Waals surface area contributed by atoms with Gasteiger partial charge in [-0.1, -0.05) is 72.8 Å². The highest BCUT2D eigenvalue weighted by atomic mass is 19.1. The first kappa shape index (κ1) is 30.4. The number of amides is 2. The van der Waals surface area contributed by atoms with Gasteiger partial charge in [-0.2, -0.15) is 15.0 Å². The molecule has 0 aliphatic heterocycles. The molecule has 0 radical (unpaired) electrons. The number of carbonyl (C=O) groups is 2. The summed E-state index contributed by atoms with van der Waals surface area (Å²) in [7, 11) is 1.49. The van der Waals surface area contributed by atoms with Crippen molar-refractivity contribution in [3.8, 4) is 16.9 Å². The summed E-state index contributed by atoms with van der Waals surface area (Å²) in [6, 6.07) is 29.5. The highest BCUT2D eigenvalue weighted by Gasteiger charge is 2.18. The number of methoxy groups -OCH3 is 1. The van der Waals surface area contributed by atoms with Crippen LogP contribution in [0.15, 0.2) is 103 Å². The van der Waals surface area contributed by atoms with Gasteiger partial charge >= 0.3 is 12.0 Å². The van der Waals surface area contributed by atoms with Gasteiger partial charge in [-0.3, -0.25) is 10.1 Å². The molecular formula is C33H30FN7O4. The Bertz CT molecular complexity index is 1770. The Kier molecular flexibility index (Phi) is 9.75. The van der Waals surface area contributed by atoms with Gasteiger partial charge in [-0.25, -0.2) is 9.18 Å². The molecule has 1 heterocycles. The molecule has 5 aromatic rings. The average molecular weight is 608 g/mol. The fourth-order valence-corrected chi connectivity index (χ4v) is 4.49. The van der Waals surface area contributed by atoms with E-state index in [0.717, 1.165) is 11.1 Å². The second kappa shape index (κ2) is 14.4. The van der Waals surface area contributed by atoms with Crippen LogP contribution in [0.2, 0.25) is 0 Å². The molecule has 0 unspecified atom stereocenters. The number of aliphatic carboxylic acids is 1. The largest absolute Gasteiger partial charge is 0.495 e. The maximum absolute atomic E-state index is 13.6. The Labute approximate surface area is 258 Å². The third-order valence-corrected chi connectivity index (χ3v) is 6.63. The van der Waals surface area contributed by atoms with Crippen molar-refractivity contribution in [3.05, 3.63) is 115 Å². The van der Waals surface area contributed by atoms with Crippen LogP contribution in [-0.2, 0) is 11.3 Å². The molecule has 45 heavy (non-hydrogen) atoms. The second-order valence-electron chi connectivity index (χ2n) is 9.79. The molecule has 4 aromatic carbocycles. The van der Waals surface area contributed by atoms with Crippen molar-refractivity contribution in [2.75, 3.05) is 34.5 Å². The van der Waals surface area contributed by atoms with E-state index in [-0.39, 0.29) is 37.4 Å². The SMILES string of the molecule is COc1ccccc1NC(=O)Nc1nc(Nc2ccccc2-c2ccccc2)nc(N(CCC(=O)O)Cc2ccc(F)cc2)n1. The molecular weight excluding hydrogens is 577 g/mol. The van der Waals surface area contributed by atoms with Crippen molar-refractivity contribution in [3.63, 3.8) is 0 Å². The van der Waals surface area contributed by atoms with E-state index in [2.05, 4.69) is 30.9 Å². The van der Waals surface area contributed by atoms with Gasteiger partial charge in [0.15, 0.2) is 0 Å². The van der Waals surface area contributed by atoms with Crippen molar-refractivity contribution in [1.29, 1.82) is 0 Å². The zero-order valence-electron chi connectivity index (χ0n) is 24.3. The molecule has 0 atom stereocenters. The number of nitrogens with zero attached hydrogens (tertiary/aromatic N) is 4. The van der Waals surface area contributed by atoms with Gasteiger partial charge in [0.05, 0.1) is 19.2 Å². The van der Waals surface area contributed by atoms with Crippen LogP contribution < -0.4 is 25.6 Å². The van der Waals surface area contributed by atoms with Gasteiger partial charge < -0.3 is 25.4 Å². The number of halogens is 1. The molecule has 0 aliphatic carbocycles. The summed E-state index contributed by atoms with van der Waals surface area (Å²) in [5.74, 6) is -0.835. The topological polar surface area (TPSA) is 142 Å². The van der Waals surface area contributed by atoms with E-state index in [4.69, 9.17) is 4.74 Å². The normalized spacial score (nSPS) is 10.5. The number of rotatable bonds is 12. The summed E-state index contributed by atoms with van der Waals surface area (Å²) in [6.45, 7) is 0.202. The molecule has 0 bridgehead atoms. The molecule has 228 valence electrons. The van der Waals surface area contributed by atoms with Gasteiger partial charge in [0.25, 0.3) is 0 Å². The zero-order chi connectivity index (χ0) is 31.6. The van der Waals surface area contributed by atoms with E-state index in [1.807, 2.05) is 54.6 Å². The second-order valence-corrected chi connectivity index (χ2v) is 9.79. The number of benzene rings is 4. The number of ether oxygens (including phenoxy) is 1. The van der Waals surface area contributed by atoms with Crippen molar-refractivity contribution >= 4 is 41.2 Å². The predicted molar refractivity (Wildman–Crippen MR) is 170 cm³/mol. The van der Waals surface area contributed by atoms with Crippen LogP contribution in [0.3, 0.4) is 0 Å². The quantitative estimate of drug-likeness (QED) is 0.124. The number of carboxylic acids is 1. The summed E-state index contributed by atoms with van der Waals surface area (Å²) < 4.78 is 18.9. The number of para-hydroxylation sites is 3. The summed E-state index contributed by atoms with van der Waals surface area (Å²) in [6.07, 6.45) is -0.219. The lowest BCUT2D eigenvalue weighted by molar-refractivity contribution is -0.136. The average Bonchev–Trinajstić information content (AvgIpc) is 3.04. The minimum Gasteiger partial charge on any atom is -0.495 e. The van der Waals surface area contributed by atoms with Gasteiger partial charge in [0.1, 0.15) is 11.6 Å². The molecule has 0 saturated carbocycles. The molecule has 12 heteroatoms. The smallest absolute Gasteiger partial charge is 0.326 e. The minimum atomic E-state index is -1.02. The van der Waals surface area contributed by atoms with Gasteiger partial charge in [0, 0.05) is 24.3 Å². The number of hydrogen-bond donors (Lipinski definition) is 4. The number of carboxylic acid groups (broad SMARTS) is 1. The Morgan fingerprint density at radius 1 is 0.800 bits per heavy atom. The van der Waals surface area contributed by atoms with Crippen LogP contribution in [0.25, 0.3) is 11.1 Å². The van der Waals surface area contributed by atoms with Gasteiger partial charge in [-0.15, -0.1) is 0 Å². The maximum Gasteiger partial charge on any atom is 0.326 e. The Hall–Kier alpha value is -6.04. The number of anilines is 5. The number of carbonyl (C=O) groups excluding carboxylic acids is 1. The lowest BCUT2D eigenvalue weighted by atomic mass is 10.0. The first-order valence-electron chi connectivity index (χ1n) is 14.0. The highest BCUT2D eigenvalue weighted by Crippen LogP contribution is 2.30. The Balaban J connectivity index is 1.51. The monoisotopic (exact) mass is 607 g/mol. The lowest BCUT2D eigenvalue weighted by Crippen LogP contribution is -2.29. The highest BCUT2D eigenvalue weighted by molar-refractivity contribution is 5.99. The predicted octanol–water partition coefficient (Wildman–Crippen LogP) is 6.56. The summed E-state index contributed by atoms with van der Waals surface area (Å²) >= 11 is 0. The first-order valence-corrected chi connectivity index (χ1v) is 14.0. The van der Waals surface area contributed by atoms with Crippen LogP contribution >= 0.6 is 0 Å². The summed E-state index contributed by atoms with van der Waals surface area (Å²) in [4.78, 5) is 39.7. The Morgan fingerprint density at radius 2 is 1.47 bits per heavy atom. The van der Waals surface area contributed by atoms with E-state index < -0.39 is 17.8 Å². The number of hydrogen-bond acceptors (Lipinski definition) is 8. The van der Waals surface area contributed by atoms with Gasteiger partial charge in [-0.05, 0) is 41.5 Å². The fraction of sp³-hybridized carbons (Fsp3) is 0.121. The van der Waals surface area contributed by atoms with Crippen molar-refractivity contribution in [2.24, 2.45) is 0 Å². The van der Waals surface area contributed by atoms with Gasteiger partial charge in [0.2, 0.25) is 17.8 Å². The molecule has 11 nitrogen and oxygen atoms in total. The number of aromatic nitrogens is 3. The minimum absolute atomic E-state index is 0.0314. The van der Waals surface area contributed by atoms with Crippen molar-refractivity contribution < 1.29 is 23.8 Å². The molecule has 2 amide bonds. The lowest BCUT2D eigenvalue weighted by Gasteiger charge is -2.23. The van der Waals surface area contributed by atoms with Crippen LogP contribution in [0.1, 0.15) is 12.0 Å². The van der Waals surface area contributed by atoms with Crippen LogP contribution in [0.5, 0.6) is 5.75 Å². The molecule has 0 saturated heterocycles. The van der Waals surface area contributed by atoms with E-state index >= 15 is 0 Å². The molecule has 0 aliphatic rings. The van der Waals surface area contributed by atoms with E-state index in [1.54, 1.807) is 41.3 Å². The van der Waals surface area contributed by atoms with Crippen molar-refractivity contribution in [2.45, 2.75) is 13.0 Å². The fourth-order valence-electron chi connectivity index (χ4n) is 4.49. The van der Waals surface area contributed by atoms with E-state index in [9.17, 15) is 19.1 Å². The van der Waals surface area contributed by atoms with Crippen molar-refractivity contribution in [1.82, 2.24) is 15.0 Å². The van der Waals surface area contributed by atoms with Crippen LogP contribution in [0.4, 0.5) is 38.4 Å². The third kappa shape index (κ3) is 8.29. The van der Waals surface area contributed by atoms with E-state index in [1.165, 1.54) is 19.2 Å². The first-order chi connectivity index (χ1) is 21.9. The molecule has 0 fully saturated rings. The molecule has 1 aromatic heterocycles. The van der Waals surface area contributed by atoms with Crippen LogP contribution in [0, 0.1) is 5.82 Å². The molecule has 0 spiro atoms. The Morgan fingerprint density at radius 3 is 2.20 bits per heavy atom. The third-order valence-electron chi connectivity index (χ3n) is 6.63. The molecule has 5 rings (SSSR count). The van der Waals surface area contributed by atoms with E-state index in [0.29, 0.717) is 22.7 Å². The zero-order valence-corrected chi connectivity index (χ0v) is 24.3.